The maximum Gasteiger partial charge on any atom is 0.274 e. The molecule has 1 amide bonds. The van der Waals surface area contributed by atoms with Crippen LogP contribution < -0.4 is 5.32 Å². The normalized spacial score (nSPS) is 18.2. The van der Waals surface area contributed by atoms with Gasteiger partial charge in [0.2, 0.25) is 0 Å². The average Bonchev–Trinajstić information content (AvgIpc) is 2.98. The summed E-state index contributed by atoms with van der Waals surface area (Å²) < 4.78 is 0. The zero-order chi connectivity index (χ0) is 15.5. The number of carbonyl (C=O) groups excluding carboxylic acids is 1. The number of likely N-dealkylation sites (tertiary alicyclic amines) is 1. The number of piperidine rings is 1. The Morgan fingerprint density at radius 1 is 1.33 bits per heavy atom. The molecule has 24 heavy (non-hydrogen) atoms. The van der Waals surface area contributed by atoms with Gasteiger partial charge in [0.15, 0.2) is 5.69 Å². The molecule has 138 valence electrons. The van der Waals surface area contributed by atoms with Crippen LogP contribution in [0.15, 0.2) is 0 Å². The number of nitrogens with zero attached hydrogens (tertiary/aromatic N) is 3. The summed E-state index contributed by atoms with van der Waals surface area (Å²) in [6, 6.07) is 0.338. The number of hydrogen-bond acceptors (Lipinski definition) is 4. The van der Waals surface area contributed by atoms with E-state index in [9.17, 15) is 4.79 Å². The molecule has 6 nitrogen and oxygen atoms in total. The Hall–Kier alpha value is -0.820. The summed E-state index contributed by atoms with van der Waals surface area (Å²) in [7, 11) is 1.93. The van der Waals surface area contributed by atoms with E-state index in [1.807, 2.05) is 11.9 Å². The molecule has 1 aromatic rings. The fourth-order valence-electron chi connectivity index (χ4n) is 3.58. The first kappa shape index (κ1) is 21.2. The van der Waals surface area contributed by atoms with Crippen molar-refractivity contribution < 1.29 is 4.79 Å². The third kappa shape index (κ3) is 4.42. The van der Waals surface area contributed by atoms with Crippen molar-refractivity contribution in [2.45, 2.75) is 45.2 Å². The number of nitrogens with one attached hydrogen (secondary N) is 2. The number of aromatic amines is 1. The fourth-order valence-corrected chi connectivity index (χ4v) is 3.58. The lowest BCUT2D eigenvalue weighted by Crippen LogP contribution is -2.46. The molecule has 0 saturated carbocycles. The minimum atomic E-state index is 0. The van der Waals surface area contributed by atoms with Crippen LogP contribution in [0.3, 0.4) is 0 Å². The molecule has 3 rings (SSSR count). The number of carbonyl (C=O) groups is 1. The summed E-state index contributed by atoms with van der Waals surface area (Å²) in [5.74, 6) is 0.0649. The van der Waals surface area contributed by atoms with Crippen molar-refractivity contribution in [3.05, 3.63) is 17.0 Å². The standard InChI is InChI=1S/C16H27N5O.2ClH/c1-3-8-21-9-5-12(6-10-21)20(2)16(22)15-13-11-17-7-4-14(13)18-19-15;;/h12,17H,3-11H2,1-2H3,(H,18,19);2*1H. The molecule has 3 heterocycles. The predicted molar refractivity (Wildman–Crippen MR) is 100 cm³/mol. The topological polar surface area (TPSA) is 64.3 Å². The quantitative estimate of drug-likeness (QED) is 0.839. The first-order valence-corrected chi connectivity index (χ1v) is 8.47. The van der Waals surface area contributed by atoms with Gasteiger partial charge in [-0.1, -0.05) is 6.92 Å². The lowest BCUT2D eigenvalue weighted by Gasteiger charge is -2.36. The molecule has 0 radical (unpaired) electrons. The summed E-state index contributed by atoms with van der Waals surface area (Å²) in [6.07, 6.45) is 4.25. The SMILES string of the molecule is CCCN1CCC(N(C)C(=O)c2n[nH]c3c2CNCC3)CC1.Cl.Cl. The van der Waals surface area contributed by atoms with Gasteiger partial charge >= 0.3 is 0 Å². The zero-order valence-corrected chi connectivity index (χ0v) is 16.1. The predicted octanol–water partition coefficient (Wildman–Crippen LogP) is 1.85. The minimum absolute atomic E-state index is 0. The van der Waals surface area contributed by atoms with Crippen LogP contribution >= 0.6 is 24.8 Å². The van der Waals surface area contributed by atoms with E-state index in [1.165, 1.54) is 13.0 Å². The first-order chi connectivity index (χ1) is 10.7. The van der Waals surface area contributed by atoms with Crippen LogP contribution in [0.25, 0.3) is 0 Å². The van der Waals surface area contributed by atoms with Crippen molar-refractivity contribution in [2.24, 2.45) is 0 Å². The highest BCUT2D eigenvalue weighted by Gasteiger charge is 2.29. The van der Waals surface area contributed by atoms with Crippen molar-refractivity contribution in [3.8, 4) is 0 Å². The van der Waals surface area contributed by atoms with Gasteiger partial charge in [-0.3, -0.25) is 9.89 Å². The van der Waals surface area contributed by atoms with Crippen LogP contribution in [0.1, 0.15) is 47.9 Å². The maximum atomic E-state index is 12.8. The number of rotatable bonds is 4. The number of amides is 1. The second-order valence-corrected chi connectivity index (χ2v) is 6.44. The lowest BCUT2D eigenvalue weighted by molar-refractivity contribution is 0.0635. The van der Waals surface area contributed by atoms with Gasteiger partial charge in [-0.15, -0.1) is 24.8 Å². The number of fused-ring (bicyclic) bond motifs is 1. The Labute approximate surface area is 156 Å². The van der Waals surface area contributed by atoms with Crippen molar-refractivity contribution in [3.63, 3.8) is 0 Å². The minimum Gasteiger partial charge on any atom is -0.337 e. The molecule has 0 atom stereocenters. The van der Waals surface area contributed by atoms with Gasteiger partial charge in [-0.25, -0.2) is 0 Å². The van der Waals surface area contributed by atoms with Gasteiger partial charge in [-0.2, -0.15) is 5.10 Å². The van der Waals surface area contributed by atoms with Crippen LogP contribution in [-0.4, -0.2) is 65.2 Å². The smallest absolute Gasteiger partial charge is 0.274 e. The third-order valence-corrected chi connectivity index (χ3v) is 4.97. The molecule has 1 fully saturated rings. The van der Waals surface area contributed by atoms with Gasteiger partial charge in [0.25, 0.3) is 5.91 Å². The Bertz CT molecular complexity index is 529. The summed E-state index contributed by atoms with van der Waals surface area (Å²) in [4.78, 5) is 17.2. The maximum absolute atomic E-state index is 12.8. The molecule has 0 bridgehead atoms. The first-order valence-electron chi connectivity index (χ1n) is 8.47. The van der Waals surface area contributed by atoms with Gasteiger partial charge < -0.3 is 15.1 Å². The zero-order valence-electron chi connectivity index (χ0n) is 14.5. The van der Waals surface area contributed by atoms with Crippen LogP contribution in [-0.2, 0) is 13.0 Å². The van der Waals surface area contributed by atoms with E-state index in [0.717, 1.165) is 56.7 Å². The lowest BCUT2D eigenvalue weighted by atomic mass is 10.0. The van der Waals surface area contributed by atoms with Crippen molar-refractivity contribution in [1.29, 1.82) is 0 Å². The summed E-state index contributed by atoms with van der Waals surface area (Å²) in [5, 5.41) is 10.7. The van der Waals surface area contributed by atoms with Crippen LogP contribution in [0, 0.1) is 0 Å². The van der Waals surface area contributed by atoms with Crippen molar-refractivity contribution in [2.75, 3.05) is 33.2 Å². The van der Waals surface area contributed by atoms with Crippen molar-refractivity contribution in [1.82, 2.24) is 25.3 Å². The van der Waals surface area contributed by atoms with Crippen LogP contribution in [0.2, 0.25) is 0 Å². The van der Waals surface area contributed by atoms with Crippen LogP contribution in [0.4, 0.5) is 0 Å². The highest BCUT2D eigenvalue weighted by molar-refractivity contribution is 5.94. The highest BCUT2D eigenvalue weighted by atomic mass is 35.5. The average molecular weight is 378 g/mol. The molecule has 2 aliphatic rings. The number of hydrogen-bond donors (Lipinski definition) is 2. The highest BCUT2D eigenvalue weighted by Crippen LogP contribution is 2.21. The molecule has 8 heteroatoms. The van der Waals surface area contributed by atoms with E-state index in [0.29, 0.717) is 11.7 Å². The molecule has 0 spiro atoms. The molecule has 1 saturated heterocycles. The molecule has 2 aliphatic heterocycles. The van der Waals surface area contributed by atoms with E-state index in [2.05, 4.69) is 27.3 Å². The fraction of sp³-hybridized carbons (Fsp3) is 0.750. The van der Waals surface area contributed by atoms with E-state index in [1.54, 1.807) is 0 Å². The Kier molecular flexibility index (Phi) is 8.50. The Morgan fingerprint density at radius 2 is 2.04 bits per heavy atom. The summed E-state index contributed by atoms with van der Waals surface area (Å²) >= 11 is 0. The van der Waals surface area contributed by atoms with Gasteiger partial charge in [0.1, 0.15) is 0 Å². The monoisotopic (exact) mass is 377 g/mol. The molecular weight excluding hydrogens is 349 g/mol. The summed E-state index contributed by atoms with van der Waals surface area (Å²) in [6.45, 7) is 7.27. The molecule has 0 aliphatic carbocycles. The Balaban J connectivity index is 0.00000144. The van der Waals surface area contributed by atoms with Crippen LogP contribution in [0.5, 0.6) is 0 Å². The van der Waals surface area contributed by atoms with Crippen molar-refractivity contribution >= 4 is 30.7 Å². The number of aromatic nitrogens is 2. The molecule has 2 N–H and O–H groups in total. The second-order valence-electron chi connectivity index (χ2n) is 6.44. The van der Waals surface area contributed by atoms with E-state index in [4.69, 9.17) is 0 Å². The van der Waals surface area contributed by atoms with Gasteiger partial charge in [0.05, 0.1) is 0 Å². The second kappa shape index (κ2) is 9.61. The molecule has 1 aromatic heterocycles. The Morgan fingerprint density at radius 3 is 2.71 bits per heavy atom. The largest absolute Gasteiger partial charge is 0.337 e. The van der Waals surface area contributed by atoms with E-state index >= 15 is 0 Å². The molecular formula is C16H29Cl2N5O. The van der Waals surface area contributed by atoms with Gasteiger partial charge in [-0.05, 0) is 25.8 Å². The number of H-pyrrole nitrogens is 1. The molecule has 0 unspecified atom stereocenters. The third-order valence-electron chi connectivity index (χ3n) is 4.97. The number of halogens is 2. The van der Waals surface area contributed by atoms with E-state index < -0.39 is 0 Å². The van der Waals surface area contributed by atoms with E-state index in [-0.39, 0.29) is 30.7 Å². The summed E-state index contributed by atoms with van der Waals surface area (Å²) in [5.41, 5.74) is 2.79. The molecule has 0 aromatic carbocycles. The van der Waals surface area contributed by atoms with Gasteiger partial charge in [0, 0.05) is 56.9 Å².